The summed E-state index contributed by atoms with van der Waals surface area (Å²) in [5, 5.41) is 6.92. The fraction of sp³-hybridized carbons (Fsp3) is 0.611. The highest BCUT2D eigenvalue weighted by Crippen LogP contribution is 2.32. The average molecular weight is 405 g/mol. The Hall–Kier alpha value is -2.33. The zero-order valence-corrected chi connectivity index (χ0v) is 17.0. The van der Waals surface area contributed by atoms with E-state index in [4.69, 9.17) is 4.74 Å². The summed E-state index contributed by atoms with van der Waals surface area (Å²) in [6.07, 6.45) is 0.600. The molecule has 0 unspecified atom stereocenters. The standard InChI is InChI=1S/C18H23N5O4S/c1-11(2)6-23-17(26)16(25)22-10-18(27-7-14(22)20-23)4-5-21(9-18)15(24)13-8-28-12(3)19-13/h8,11H,4-7,9-10H2,1-3H3/t18-/m1/s1. The quantitative estimate of drug-likeness (QED) is 0.695. The van der Waals surface area contributed by atoms with Gasteiger partial charge in [0, 0.05) is 18.5 Å². The van der Waals surface area contributed by atoms with Crippen LogP contribution in [-0.2, 0) is 24.4 Å². The molecule has 0 N–H and O–H groups in total. The molecule has 1 fully saturated rings. The third kappa shape index (κ3) is 3.30. The van der Waals surface area contributed by atoms with Gasteiger partial charge in [-0.1, -0.05) is 13.8 Å². The van der Waals surface area contributed by atoms with Crippen molar-refractivity contribution in [1.29, 1.82) is 0 Å². The molecule has 28 heavy (non-hydrogen) atoms. The maximum atomic E-state index is 12.7. The van der Waals surface area contributed by atoms with E-state index in [2.05, 4.69) is 10.1 Å². The maximum Gasteiger partial charge on any atom is 0.332 e. The number of thiazole rings is 1. The number of carbonyl (C=O) groups is 1. The first-order valence-electron chi connectivity index (χ1n) is 9.34. The highest BCUT2D eigenvalue weighted by molar-refractivity contribution is 7.09. The Morgan fingerprint density at radius 1 is 1.32 bits per heavy atom. The largest absolute Gasteiger partial charge is 0.363 e. The van der Waals surface area contributed by atoms with E-state index < -0.39 is 16.7 Å². The Morgan fingerprint density at radius 3 is 2.79 bits per heavy atom. The minimum absolute atomic E-state index is 0.131. The minimum atomic E-state index is -0.671. The SMILES string of the molecule is Cc1nc(C(=O)N2CC[C@@]3(C2)Cn2c(nn(CC(C)C)c(=O)c2=O)CO3)cs1. The third-order valence-corrected chi connectivity index (χ3v) is 5.92. The van der Waals surface area contributed by atoms with Crippen molar-refractivity contribution < 1.29 is 9.53 Å². The van der Waals surface area contributed by atoms with Gasteiger partial charge in [-0.2, -0.15) is 5.10 Å². The Labute approximate surface area is 165 Å². The van der Waals surface area contributed by atoms with Crippen LogP contribution in [0, 0.1) is 12.8 Å². The lowest BCUT2D eigenvalue weighted by molar-refractivity contribution is -0.0843. The number of likely N-dealkylation sites (tertiary alicyclic amines) is 1. The van der Waals surface area contributed by atoms with Crippen molar-refractivity contribution in [3.05, 3.63) is 42.6 Å². The van der Waals surface area contributed by atoms with E-state index in [-0.39, 0.29) is 25.0 Å². The van der Waals surface area contributed by atoms with Gasteiger partial charge in [0.1, 0.15) is 17.9 Å². The van der Waals surface area contributed by atoms with Gasteiger partial charge in [-0.25, -0.2) is 9.67 Å². The average Bonchev–Trinajstić information content (AvgIpc) is 3.26. The number of carbonyl (C=O) groups excluding carboxylic acids is 1. The van der Waals surface area contributed by atoms with Crippen LogP contribution in [0.3, 0.4) is 0 Å². The number of ether oxygens (including phenoxy) is 1. The summed E-state index contributed by atoms with van der Waals surface area (Å²) in [4.78, 5) is 43.7. The molecule has 1 spiro atoms. The van der Waals surface area contributed by atoms with Crippen LogP contribution >= 0.6 is 11.3 Å². The fourth-order valence-corrected chi connectivity index (χ4v) is 4.35. The molecule has 2 aromatic rings. The second-order valence-electron chi connectivity index (χ2n) is 7.89. The lowest BCUT2D eigenvalue weighted by atomic mass is 10.0. The predicted octanol–water partition coefficient (Wildman–Crippen LogP) is 0.641. The maximum absolute atomic E-state index is 12.7. The molecule has 2 aromatic heterocycles. The van der Waals surface area contributed by atoms with Gasteiger partial charge in [-0.3, -0.25) is 19.0 Å². The first-order valence-corrected chi connectivity index (χ1v) is 10.2. The molecule has 4 rings (SSSR count). The molecule has 1 amide bonds. The summed E-state index contributed by atoms with van der Waals surface area (Å²) in [5.74, 6) is 0.525. The summed E-state index contributed by atoms with van der Waals surface area (Å²) >= 11 is 1.44. The van der Waals surface area contributed by atoms with E-state index in [0.717, 1.165) is 5.01 Å². The molecule has 1 saturated heterocycles. The van der Waals surface area contributed by atoms with E-state index in [0.29, 0.717) is 37.6 Å². The second kappa shape index (κ2) is 6.93. The monoisotopic (exact) mass is 405 g/mol. The molecule has 2 aliphatic heterocycles. The normalized spacial score (nSPS) is 21.5. The summed E-state index contributed by atoms with van der Waals surface area (Å²) in [6.45, 7) is 7.44. The lowest BCUT2D eigenvalue weighted by Crippen LogP contribution is -2.53. The van der Waals surface area contributed by atoms with E-state index in [9.17, 15) is 14.4 Å². The number of fused-ring (bicyclic) bond motifs is 1. The van der Waals surface area contributed by atoms with Gasteiger partial charge in [0.05, 0.1) is 18.1 Å². The highest BCUT2D eigenvalue weighted by Gasteiger charge is 2.45. The first kappa shape index (κ1) is 19.0. The molecular weight excluding hydrogens is 382 g/mol. The molecular formula is C18H23N5O4S. The number of aromatic nitrogens is 4. The van der Waals surface area contributed by atoms with E-state index in [1.54, 1.807) is 10.3 Å². The van der Waals surface area contributed by atoms with Gasteiger partial charge in [0.2, 0.25) is 0 Å². The smallest absolute Gasteiger partial charge is 0.332 e. The van der Waals surface area contributed by atoms with Crippen molar-refractivity contribution in [2.24, 2.45) is 5.92 Å². The molecule has 2 aliphatic rings. The number of aryl methyl sites for hydroxylation is 1. The van der Waals surface area contributed by atoms with Crippen LogP contribution in [0.25, 0.3) is 0 Å². The van der Waals surface area contributed by atoms with Crippen LogP contribution in [0.1, 0.15) is 41.6 Å². The first-order chi connectivity index (χ1) is 13.3. The van der Waals surface area contributed by atoms with Gasteiger partial charge in [-0.15, -0.1) is 11.3 Å². The van der Waals surface area contributed by atoms with Gasteiger partial charge in [0.15, 0.2) is 5.82 Å². The Morgan fingerprint density at radius 2 is 2.11 bits per heavy atom. The van der Waals surface area contributed by atoms with Crippen molar-refractivity contribution in [3.8, 4) is 0 Å². The van der Waals surface area contributed by atoms with Crippen molar-refractivity contribution >= 4 is 17.2 Å². The fourth-order valence-electron chi connectivity index (χ4n) is 3.76. The Balaban J connectivity index is 1.57. The van der Waals surface area contributed by atoms with Crippen molar-refractivity contribution in [2.75, 3.05) is 13.1 Å². The predicted molar refractivity (Wildman–Crippen MR) is 102 cm³/mol. The summed E-state index contributed by atoms with van der Waals surface area (Å²) in [7, 11) is 0. The van der Waals surface area contributed by atoms with Crippen LogP contribution in [0.4, 0.5) is 0 Å². The van der Waals surface area contributed by atoms with Crippen molar-refractivity contribution in [3.63, 3.8) is 0 Å². The van der Waals surface area contributed by atoms with E-state index >= 15 is 0 Å². The van der Waals surface area contributed by atoms with Gasteiger partial charge >= 0.3 is 11.1 Å². The number of hydrogen-bond donors (Lipinski definition) is 0. The Bertz CT molecular complexity index is 1040. The molecule has 0 radical (unpaired) electrons. The van der Waals surface area contributed by atoms with Crippen molar-refractivity contribution in [2.45, 2.75) is 52.5 Å². The molecule has 1 atom stereocenters. The molecule has 0 aliphatic carbocycles. The number of amides is 1. The highest BCUT2D eigenvalue weighted by atomic mass is 32.1. The van der Waals surface area contributed by atoms with Gasteiger partial charge in [0.25, 0.3) is 5.91 Å². The molecule has 0 saturated carbocycles. The molecule has 10 heteroatoms. The number of rotatable bonds is 3. The van der Waals surface area contributed by atoms with E-state index in [1.807, 2.05) is 20.8 Å². The molecule has 150 valence electrons. The van der Waals surface area contributed by atoms with Crippen LogP contribution in [0.2, 0.25) is 0 Å². The summed E-state index contributed by atoms with van der Waals surface area (Å²) < 4.78 is 8.73. The van der Waals surface area contributed by atoms with Gasteiger partial charge in [-0.05, 0) is 19.3 Å². The van der Waals surface area contributed by atoms with E-state index in [1.165, 1.54) is 20.6 Å². The molecule has 0 bridgehead atoms. The third-order valence-electron chi connectivity index (χ3n) is 5.14. The molecule has 0 aromatic carbocycles. The summed E-state index contributed by atoms with van der Waals surface area (Å²) in [6, 6.07) is 0. The second-order valence-corrected chi connectivity index (χ2v) is 8.95. The van der Waals surface area contributed by atoms with Crippen LogP contribution < -0.4 is 11.1 Å². The minimum Gasteiger partial charge on any atom is -0.363 e. The number of hydrogen-bond acceptors (Lipinski definition) is 7. The van der Waals surface area contributed by atoms with Crippen LogP contribution in [-0.4, -0.2) is 48.8 Å². The molecule has 9 nitrogen and oxygen atoms in total. The van der Waals surface area contributed by atoms with Gasteiger partial charge < -0.3 is 9.64 Å². The Kier molecular flexibility index (Phi) is 4.70. The zero-order chi connectivity index (χ0) is 20.1. The molecule has 4 heterocycles. The van der Waals surface area contributed by atoms with Crippen LogP contribution in [0.15, 0.2) is 15.0 Å². The lowest BCUT2D eigenvalue weighted by Gasteiger charge is -2.35. The number of nitrogens with zero attached hydrogens (tertiary/aromatic N) is 5. The van der Waals surface area contributed by atoms with Crippen LogP contribution in [0.5, 0.6) is 0 Å². The zero-order valence-electron chi connectivity index (χ0n) is 16.2. The van der Waals surface area contributed by atoms with Crippen molar-refractivity contribution in [1.82, 2.24) is 24.2 Å². The topological polar surface area (TPSA) is 99.3 Å². The summed E-state index contributed by atoms with van der Waals surface area (Å²) in [5.41, 5.74) is -1.42.